The van der Waals surface area contributed by atoms with E-state index in [1.165, 1.54) is 4.90 Å². The molecule has 0 spiro atoms. The third-order valence-electron chi connectivity index (χ3n) is 7.21. The van der Waals surface area contributed by atoms with Gasteiger partial charge in [0.05, 0.1) is 24.6 Å². The Balaban J connectivity index is 1.64. The number of likely N-dealkylation sites (tertiary alicyclic amines) is 1. The fourth-order valence-corrected chi connectivity index (χ4v) is 5.42. The average molecular weight is 481 g/mol. The van der Waals surface area contributed by atoms with Crippen LogP contribution in [-0.4, -0.2) is 84.1 Å². The number of piperidine rings is 1. The van der Waals surface area contributed by atoms with Crippen molar-refractivity contribution in [1.29, 1.82) is 0 Å². The Kier molecular flexibility index (Phi) is 7.79. The topological polar surface area (TPSA) is 131 Å². The Labute approximate surface area is 201 Å². The lowest BCUT2D eigenvalue weighted by molar-refractivity contribution is -0.155. The molecule has 0 radical (unpaired) electrons. The second-order valence-corrected chi connectivity index (χ2v) is 11.3. The first-order valence-electron chi connectivity index (χ1n) is 12.2. The van der Waals surface area contributed by atoms with Gasteiger partial charge in [-0.1, -0.05) is 6.92 Å². The minimum atomic E-state index is -0.571. The molecule has 0 aromatic rings. The van der Waals surface area contributed by atoms with E-state index in [2.05, 4.69) is 5.32 Å². The van der Waals surface area contributed by atoms with Gasteiger partial charge in [-0.3, -0.25) is 14.4 Å². The molecular weight excluding hydrogens is 440 g/mol. The number of hydrogen-bond acceptors (Lipinski definition) is 6. The zero-order valence-corrected chi connectivity index (χ0v) is 21.1. The number of hydrogen-bond donors (Lipinski definition) is 2. The van der Waals surface area contributed by atoms with Crippen molar-refractivity contribution in [2.24, 2.45) is 17.1 Å². The second kappa shape index (κ2) is 10.1. The van der Waals surface area contributed by atoms with Crippen LogP contribution in [0.25, 0.3) is 0 Å². The lowest BCUT2D eigenvalue weighted by Crippen LogP contribution is -2.59. The molecule has 3 aliphatic rings. The van der Waals surface area contributed by atoms with Crippen LogP contribution < -0.4 is 11.1 Å². The van der Waals surface area contributed by atoms with E-state index >= 15 is 0 Å². The predicted molar refractivity (Wildman–Crippen MR) is 125 cm³/mol. The van der Waals surface area contributed by atoms with Crippen molar-refractivity contribution < 1.29 is 28.7 Å². The summed E-state index contributed by atoms with van der Waals surface area (Å²) in [5.74, 6) is -1.15. The lowest BCUT2D eigenvalue weighted by atomic mass is 9.72. The van der Waals surface area contributed by atoms with Gasteiger partial charge in [0.25, 0.3) is 0 Å². The van der Waals surface area contributed by atoms with Crippen molar-refractivity contribution in [3.8, 4) is 0 Å². The summed E-state index contributed by atoms with van der Waals surface area (Å²) in [6.45, 7) is 8.19. The van der Waals surface area contributed by atoms with Gasteiger partial charge in [-0.05, 0) is 59.3 Å². The summed E-state index contributed by atoms with van der Waals surface area (Å²) in [5, 5.41) is 2.92. The Morgan fingerprint density at radius 3 is 2.41 bits per heavy atom. The van der Waals surface area contributed by atoms with Crippen molar-refractivity contribution in [3.05, 3.63) is 0 Å². The maximum Gasteiger partial charge on any atom is 0.407 e. The van der Waals surface area contributed by atoms with Crippen LogP contribution in [0.4, 0.5) is 4.79 Å². The number of nitrogens with zero attached hydrogens (tertiary/aromatic N) is 2. The molecule has 10 heteroatoms. The van der Waals surface area contributed by atoms with Crippen LogP contribution >= 0.6 is 0 Å². The summed E-state index contributed by atoms with van der Waals surface area (Å²) in [6, 6.07) is -0.0659. The van der Waals surface area contributed by atoms with E-state index < -0.39 is 28.9 Å². The van der Waals surface area contributed by atoms with Gasteiger partial charge >= 0.3 is 6.09 Å². The van der Waals surface area contributed by atoms with Crippen LogP contribution in [0.2, 0.25) is 0 Å². The number of alkyl carbamates (subject to hydrolysis) is 1. The number of amides is 4. The molecule has 192 valence electrons. The molecule has 0 bridgehead atoms. The van der Waals surface area contributed by atoms with E-state index in [0.29, 0.717) is 45.3 Å². The molecule has 4 amide bonds. The number of carbonyl (C=O) groups excluding carboxylic acids is 4. The van der Waals surface area contributed by atoms with Gasteiger partial charge in [0.1, 0.15) is 5.60 Å². The van der Waals surface area contributed by atoms with E-state index in [9.17, 15) is 19.2 Å². The highest BCUT2D eigenvalue weighted by Gasteiger charge is 2.49. The highest BCUT2D eigenvalue weighted by atomic mass is 16.6. The molecule has 2 aliphatic heterocycles. The van der Waals surface area contributed by atoms with Crippen molar-refractivity contribution in [2.75, 3.05) is 26.7 Å². The number of likely N-dealkylation sites (N-methyl/N-ethyl adjacent to an activating group) is 1. The van der Waals surface area contributed by atoms with Gasteiger partial charge in [-0.2, -0.15) is 0 Å². The quantitative estimate of drug-likeness (QED) is 0.612. The van der Waals surface area contributed by atoms with Gasteiger partial charge in [0.2, 0.25) is 17.7 Å². The standard InChI is InChI=1S/C24H40N4O6/c1-23(2,3)34-22(32)26-16-6-9-24(4,10-7-16)21(31)28-13-15(12-18-17(28)8-11-33-18)20(30)27(5)14-19(25)29/h15-18H,6-14H2,1-5H3,(H2,25,29)(H,26,32)/t15-,16?,17+,18+,24?/m1/s1. The van der Waals surface area contributed by atoms with E-state index in [1.807, 2.05) is 32.6 Å². The van der Waals surface area contributed by atoms with E-state index in [0.717, 1.165) is 6.42 Å². The Hall–Kier alpha value is -2.36. The minimum absolute atomic E-state index is 0.0311. The fourth-order valence-electron chi connectivity index (χ4n) is 5.42. The molecule has 2 saturated heterocycles. The highest BCUT2D eigenvalue weighted by molar-refractivity contribution is 5.87. The molecule has 0 aromatic heterocycles. The van der Waals surface area contributed by atoms with E-state index in [1.54, 1.807) is 7.05 Å². The van der Waals surface area contributed by atoms with E-state index in [-0.39, 0.29) is 36.5 Å². The molecule has 1 saturated carbocycles. The molecule has 0 aromatic carbocycles. The Morgan fingerprint density at radius 2 is 1.82 bits per heavy atom. The molecule has 3 fully saturated rings. The SMILES string of the molecule is CN(CC(N)=O)C(=O)[C@@H]1C[C@@H]2OCC[C@@H]2N(C(=O)C2(C)CCC(NC(=O)OC(C)(C)C)CC2)C1. The van der Waals surface area contributed by atoms with Crippen LogP contribution in [0, 0.1) is 11.3 Å². The molecule has 34 heavy (non-hydrogen) atoms. The molecule has 0 unspecified atom stereocenters. The van der Waals surface area contributed by atoms with Crippen molar-refractivity contribution in [2.45, 2.75) is 90.0 Å². The second-order valence-electron chi connectivity index (χ2n) is 11.3. The summed E-state index contributed by atoms with van der Waals surface area (Å²) in [5.41, 5.74) is 4.13. The van der Waals surface area contributed by atoms with Gasteiger partial charge in [-0.25, -0.2) is 4.79 Å². The van der Waals surface area contributed by atoms with Crippen LogP contribution in [0.5, 0.6) is 0 Å². The third-order valence-corrected chi connectivity index (χ3v) is 7.21. The predicted octanol–water partition coefficient (Wildman–Crippen LogP) is 1.41. The summed E-state index contributed by atoms with van der Waals surface area (Å²) in [6.07, 6.45) is 3.33. The van der Waals surface area contributed by atoms with E-state index in [4.69, 9.17) is 15.2 Å². The number of nitrogens with two attached hydrogens (primary N) is 1. The minimum Gasteiger partial charge on any atom is -0.444 e. The zero-order chi connectivity index (χ0) is 25.3. The third kappa shape index (κ3) is 6.20. The van der Waals surface area contributed by atoms with Gasteiger partial charge in [0.15, 0.2) is 0 Å². The van der Waals surface area contributed by atoms with Crippen molar-refractivity contribution in [3.63, 3.8) is 0 Å². The summed E-state index contributed by atoms with van der Waals surface area (Å²) < 4.78 is 11.2. The summed E-state index contributed by atoms with van der Waals surface area (Å²) in [4.78, 5) is 53.4. The van der Waals surface area contributed by atoms with Gasteiger partial charge in [0, 0.05) is 31.7 Å². The van der Waals surface area contributed by atoms with Crippen LogP contribution in [-0.2, 0) is 23.9 Å². The van der Waals surface area contributed by atoms with Crippen molar-refractivity contribution >= 4 is 23.8 Å². The average Bonchev–Trinajstić information content (AvgIpc) is 3.20. The van der Waals surface area contributed by atoms with Crippen LogP contribution in [0.3, 0.4) is 0 Å². The molecule has 2 heterocycles. The molecule has 1 aliphatic carbocycles. The molecule has 10 nitrogen and oxygen atoms in total. The van der Waals surface area contributed by atoms with Gasteiger partial charge < -0.3 is 30.3 Å². The maximum atomic E-state index is 13.8. The highest BCUT2D eigenvalue weighted by Crippen LogP contribution is 2.41. The lowest BCUT2D eigenvalue weighted by Gasteiger charge is -2.46. The number of fused-ring (bicyclic) bond motifs is 1. The number of primary amides is 1. The van der Waals surface area contributed by atoms with Crippen LogP contribution in [0.1, 0.15) is 66.2 Å². The first-order valence-corrected chi connectivity index (χ1v) is 12.2. The fraction of sp³-hybridized carbons (Fsp3) is 0.833. The number of nitrogens with one attached hydrogen (secondary N) is 1. The van der Waals surface area contributed by atoms with Crippen LogP contribution in [0.15, 0.2) is 0 Å². The first kappa shape index (κ1) is 26.2. The number of carbonyl (C=O) groups is 4. The smallest absolute Gasteiger partial charge is 0.407 e. The first-order chi connectivity index (χ1) is 15.8. The van der Waals surface area contributed by atoms with Gasteiger partial charge in [-0.15, -0.1) is 0 Å². The number of rotatable bonds is 5. The molecule has 3 atom stereocenters. The normalized spacial score (nSPS) is 31.4. The largest absolute Gasteiger partial charge is 0.444 e. The summed E-state index contributed by atoms with van der Waals surface area (Å²) in [7, 11) is 1.56. The Morgan fingerprint density at radius 1 is 1.18 bits per heavy atom. The summed E-state index contributed by atoms with van der Waals surface area (Å²) >= 11 is 0. The monoisotopic (exact) mass is 480 g/mol. The maximum absolute atomic E-state index is 13.8. The zero-order valence-electron chi connectivity index (χ0n) is 21.1. The number of ether oxygens (including phenoxy) is 2. The Bertz CT molecular complexity index is 802. The van der Waals surface area contributed by atoms with Crippen molar-refractivity contribution in [1.82, 2.24) is 15.1 Å². The molecule has 3 N–H and O–H groups in total. The molecule has 3 rings (SSSR count). The molecular formula is C24H40N4O6.